The van der Waals surface area contributed by atoms with E-state index in [2.05, 4.69) is 27.7 Å². The van der Waals surface area contributed by atoms with E-state index in [1.54, 1.807) is 0 Å². The smallest absolute Gasteiger partial charge is 0.351 e. The van der Waals surface area contributed by atoms with E-state index in [0.717, 1.165) is 25.7 Å². The summed E-state index contributed by atoms with van der Waals surface area (Å²) in [5.74, 6) is 0. The standard InChI is InChI=1S/C32H68O4Si/c1-5-9-13-17-19-21-23-27-31-35-37(33-29-25-15-11-7-3,34-30-26-16-12-8-4)36-32-28-24-22-20-18-14-10-6-2/h5-32H2,1-4H3. The Balaban J connectivity index is 4.65. The molecule has 0 aromatic carbocycles. The molecule has 37 heavy (non-hydrogen) atoms. The van der Waals surface area contributed by atoms with Gasteiger partial charge in [0.15, 0.2) is 0 Å². The molecule has 0 bridgehead atoms. The Morgan fingerprint density at radius 2 is 0.459 bits per heavy atom. The van der Waals surface area contributed by atoms with Crippen molar-refractivity contribution in [2.75, 3.05) is 26.4 Å². The van der Waals surface area contributed by atoms with Crippen molar-refractivity contribution in [1.82, 2.24) is 0 Å². The third-order valence-electron chi connectivity index (χ3n) is 7.11. The first-order valence-corrected chi connectivity index (χ1v) is 18.4. The summed E-state index contributed by atoms with van der Waals surface area (Å²) in [6.07, 6.45) is 30.3. The zero-order chi connectivity index (χ0) is 27.1. The van der Waals surface area contributed by atoms with E-state index < -0.39 is 9.05 Å². The van der Waals surface area contributed by atoms with Crippen LogP contribution in [0.5, 0.6) is 0 Å². The van der Waals surface area contributed by atoms with Gasteiger partial charge < -0.3 is 17.7 Å². The van der Waals surface area contributed by atoms with E-state index in [0.29, 0.717) is 26.4 Å². The molecule has 0 saturated carbocycles. The molecule has 0 saturated heterocycles. The lowest BCUT2D eigenvalue weighted by Gasteiger charge is -2.28. The Morgan fingerprint density at radius 3 is 0.703 bits per heavy atom. The molecule has 0 radical (unpaired) electrons. The van der Waals surface area contributed by atoms with Gasteiger partial charge in [-0.15, -0.1) is 0 Å². The lowest BCUT2D eigenvalue weighted by atomic mass is 10.1. The van der Waals surface area contributed by atoms with Crippen LogP contribution < -0.4 is 0 Å². The molecule has 0 atom stereocenters. The molecule has 0 unspecified atom stereocenters. The second-order valence-corrected chi connectivity index (χ2v) is 13.1. The largest absolute Gasteiger partial charge is 0.679 e. The fraction of sp³-hybridized carbons (Fsp3) is 1.00. The molecule has 224 valence electrons. The Bertz CT molecular complexity index is 384. The van der Waals surface area contributed by atoms with Crippen molar-refractivity contribution in [3.05, 3.63) is 0 Å². The molecule has 0 N–H and O–H groups in total. The van der Waals surface area contributed by atoms with Crippen LogP contribution in [0.15, 0.2) is 0 Å². The lowest BCUT2D eigenvalue weighted by Crippen LogP contribution is -2.50. The first-order chi connectivity index (χ1) is 18.2. The lowest BCUT2D eigenvalue weighted by molar-refractivity contribution is -0.0375. The molecule has 0 amide bonds. The van der Waals surface area contributed by atoms with E-state index in [4.69, 9.17) is 17.7 Å². The van der Waals surface area contributed by atoms with Crippen LogP contribution >= 0.6 is 0 Å². The van der Waals surface area contributed by atoms with Gasteiger partial charge in [-0.05, 0) is 25.7 Å². The summed E-state index contributed by atoms with van der Waals surface area (Å²) in [6, 6.07) is 0. The molecule has 0 aromatic rings. The normalized spacial score (nSPS) is 12.0. The highest BCUT2D eigenvalue weighted by molar-refractivity contribution is 6.53. The van der Waals surface area contributed by atoms with Gasteiger partial charge >= 0.3 is 9.05 Å². The fourth-order valence-corrected chi connectivity index (χ4v) is 6.65. The Morgan fingerprint density at radius 1 is 0.270 bits per heavy atom. The summed E-state index contributed by atoms with van der Waals surface area (Å²) in [6.45, 7) is 11.8. The molecule has 0 spiro atoms. The van der Waals surface area contributed by atoms with Gasteiger partial charge in [-0.25, -0.2) is 0 Å². The van der Waals surface area contributed by atoms with Gasteiger partial charge in [-0.3, -0.25) is 0 Å². The van der Waals surface area contributed by atoms with Crippen LogP contribution in [0.4, 0.5) is 0 Å². The van der Waals surface area contributed by atoms with Crippen LogP contribution in [0.3, 0.4) is 0 Å². The van der Waals surface area contributed by atoms with E-state index >= 15 is 0 Å². The maximum absolute atomic E-state index is 6.43. The number of hydrogen-bond donors (Lipinski definition) is 0. The summed E-state index contributed by atoms with van der Waals surface area (Å²) in [4.78, 5) is 0. The molecule has 0 aromatic heterocycles. The Kier molecular flexibility index (Phi) is 30.6. The molecule has 0 rings (SSSR count). The number of rotatable bonds is 32. The van der Waals surface area contributed by atoms with Crippen molar-refractivity contribution in [2.24, 2.45) is 0 Å². The molecule has 0 fully saturated rings. The van der Waals surface area contributed by atoms with Crippen LogP contribution in [0.1, 0.15) is 182 Å². The molecular formula is C32H68O4Si. The maximum atomic E-state index is 6.43. The summed E-state index contributed by atoms with van der Waals surface area (Å²) < 4.78 is 25.7. The minimum absolute atomic E-state index is 0.691. The second kappa shape index (κ2) is 30.6. The van der Waals surface area contributed by atoms with Crippen molar-refractivity contribution in [1.29, 1.82) is 0 Å². The van der Waals surface area contributed by atoms with Crippen molar-refractivity contribution in [3.8, 4) is 0 Å². The molecule has 0 aliphatic carbocycles. The third-order valence-corrected chi connectivity index (χ3v) is 9.34. The van der Waals surface area contributed by atoms with E-state index in [1.807, 2.05) is 0 Å². The monoisotopic (exact) mass is 544 g/mol. The second-order valence-electron chi connectivity index (χ2n) is 11.0. The third kappa shape index (κ3) is 26.1. The van der Waals surface area contributed by atoms with E-state index in [1.165, 1.54) is 128 Å². The quantitative estimate of drug-likeness (QED) is 0.0623. The molecule has 0 aliphatic rings. The highest BCUT2D eigenvalue weighted by Crippen LogP contribution is 2.18. The summed E-state index contributed by atoms with van der Waals surface area (Å²) in [7, 11) is -3.09. The van der Waals surface area contributed by atoms with E-state index in [9.17, 15) is 0 Å². The zero-order valence-electron chi connectivity index (χ0n) is 25.9. The highest BCUT2D eigenvalue weighted by Gasteiger charge is 2.45. The van der Waals surface area contributed by atoms with Crippen LogP contribution in [0.2, 0.25) is 0 Å². The topological polar surface area (TPSA) is 36.9 Å². The minimum Gasteiger partial charge on any atom is -0.351 e. The van der Waals surface area contributed by atoms with Crippen molar-refractivity contribution < 1.29 is 17.7 Å². The summed E-state index contributed by atoms with van der Waals surface area (Å²) >= 11 is 0. The van der Waals surface area contributed by atoms with Crippen LogP contribution in [0, 0.1) is 0 Å². The van der Waals surface area contributed by atoms with Crippen molar-refractivity contribution in [2.45, 2.75) is 182 Å². The fourth-order valence-electron chi connectivity index (χ4n) is 4.57. The first kappa shape index (κ1) is 37.1. The van der Waals surface area contributed by atoms with Gasteiger partial charge in [0.2, 0.25) is 0 Å². The Hall–Kier alpha value is 0.0569. The van der Waals surface area contributed by atoms with Crippen LogP contribution in [-0.4, -0.2) is 35.5 Å². The van der Waals surface area contributed by atoms with Crippen molar-refractivity contribution >= 4 is 9.05 Å². The predicted molar refractivity (Wildman–Crippen MR) is 163 cm³/mol. The SMILES string of the molecule is CCCCCCCCCCO[Si](OCCCCCC)(OCCCCCC)OCCCCCCCCCC. The van der Waals surface area contributed by atoms with Gasteiger partial charge in [0.05, 0.1) is 0 Å². The van der Waals surface area contributed by atoms with Crippen molar-refractivity contribution in [3.63, 3.8) is 0 Å². The molecule has 0 heterocycles. The molecular weight excluding hydrogens is 476 g/mol. The van der Waals surface area contributed by atoms with Gasteiger partial charge in [0.25, 0.3) is 0 Å². The average Bonchev–Trinajstić information content (AvgIpc) is 2.91. The average molecular weight is 545 g/mol. The minimum atomic E-state index is -3.09. The van der Waals surface area contributed by atoms with Gasteiger partial charge in [-0.1, -0.05) is 156 Å². The van der Waals surface area contributed by atoms with E-state index in [-0.39, 0.29) is 0 Å². The summed E-state index contributed by atoms with van der Waals surface area (Å²) in [5, 5.41) is 0. The van der Waals surface area contributed by atoms with Gasteiger partial charge in [0, 0.05) is 26.4 Å². The van der Waals surface area contributed by atoms with Crippen LogP contribution in [0.25, 0.3) is 0 Å². The molecule has 0 aliphatic heterocycles. The van der Waals surface area contributed by atoms with Gasteiger partial charge in [-0.2, -0.15) is 0 Å². The maximum Gasteiger partial charge on any atom is 0.679 e. The molecule has 4 nitrogen and oxygen atoms in total. The highest BCUT2D eigenvalue weighted by atomic mass is 28.4. The zero-order valence-corrected chi connectivity index (χ0v) is 26.9. The van der Waals surface area contributed by atoms with Gasteiger partial charge in [0.1, 0.15) is 0 Å². The number of unbranched alkanes of at least 4 members (excludes halogenated alkanes) is 20. The summed E-state index contributed by atoms with van der Waals surface area (Å²) in [5.41, 5.74) is 0. The predicted octanol–water partition coefficient (Wildman–Crippen LogP) is 10.9. The first-order valence-electron chi connectivity index (χ1n) is 16.8. The molecule has 5 heteroatoms. The van der Waals surface area contributed by atoms with Crippen LogP contribution in [-0.2, 0) is 17.7 Å². The Labute approximate surface area is 234 Å². The number of hydrogen-bond acceptors (Lipinski definition) is 4.